The molecule has 2 amide bonds. The lowest BCUT2D eigenvalue weighted by atomic mass is 9.51. The molecule has 2 heterocycles. The fourth-order valence-electron chi connectivity index (χ4n) is 6.95. The van der Waals surface area contributed by atoms with Gasteiger partial charge in [-0.3, -0.25) is 14.6 Å². The number of pyridine rings is 1. The van der Waals surface area contributed by atoms with Crippen molar-refractivity contribution in [3.63, 3.8) is 0 Å². The van der Waals surface area contributed by atoms with Crippen LogP contribution in [0.2, 0.25) is 0 Å². The van der Waals surface area contributed by atoms with Crippen molar-refractivity contribution in [2.45, 2.75) is 71.4 Å². The van der Waals surface area contributed by atoms with E-state index in [1.807, 2.05) is 6.92 Å². The zero-order chi connectivity index (χ0) is 24.3. The summed E-state index contributed by atoms with van der Waals surface area (Å²) in [6.45, 7) is 10.3. The molecule has 188 valence electrons. The molecule has 0 bridgehead atoms. The molecule has 7 heteroatoms. The number of rotatable bonds is 7. The number of amides is 2. The Hall–Kier alpha value is -1.99. The van der Waals surface area contributed by atoms with Crippen LogP contribution in [0.1, 0.15) is 69.7 Å². The number of hydrogen-bond donors (Lipinski definition) is 3. The summed E-state index contributed by atoms with van der Waals surface area (Å²) in [5.41, 5.74) is 0.649. The first-order valence-electron chi connectivity index (χ1n) is 13.2. The normalized spacial score (nSPS) is 34.8. The molecule has 7 unspecified atom stereocenters. The van der Waals surface area contributed by atoms with Crippen molar-refractivity contribution in [2.75, 3.05) is 26.2 Å². The zero-order valence-electron chi connectivity index (χ0n) is 21.0. The van der Waals surface area contributed by atoms with Gasteiger partial charge in [-0.2, -0.15) is 0 Å². The first kappa shape index (κ1) is 25.1. The molecular formula is C27H42N4O3. The van der Waals surface area contributed by atoms with Gasteiger partial charge in [0.15, 0.2) is 0 Å². The lowest BCUT2D eigenvalue weighted by Gasteiger charge is -2.56. The van der Waals surface area contributed by atoms with E-state index in [4.69, 9.17) is 0 Å². The molecule has 1 aromatic heterocycles. The maximum atomic E-state index is 12.9. The van der Waals surface area contributed by atoms with Crippen molar-refractivity contribution >= 4 is 11.8 Å². The molecule has 3 fully saturated rings. The number of aromatic nitrogens is 1. The summed E-state index contributed by atoms with van der Waals surface area (Å²) in [5, 5.41) is 17.9. The Morgan fingerprint density at radius 2 is 1.88 bits per heavy atom. The fraction of sp³-hybridized carbons (Fsp3) is 0.741. The van der Waals surface area contributed by atoms with Crippen LogP contribution in [0, 0.1) is 29.1 Å². The maximum absolute atomic E-state index is 12.9. The first-order valence-corrected chi connectivity index (χ1v) is 13.2. The van der Waals surface area contributed by atoms with Gasteiger partial charge in [-0.25, -0.2) is 0 Å². The molecule has 1 saturated heterocycles. The van der Waals surface area contributed by atoms with E-state index in [0.717, 1.165) is 45.3 Å². The van der Waals surface area contributed by atoms with Crippen molar-refractivity contribution in [1.29, 1.82) is 0 Å². The van der Waals surface area contributed by atoms with Crippen molar-refractivity contribution in [1.82, 2.24) is 20.5 Å². The van der Waals surface area contributed by atoms with Gasteiger partial charge in [0.1, 0.15) is 0 Å². The Kier molecular flexibility index (Phi) is 7.93. The number of nitrogens with zero attached hydrogens (tertiary/aromatic N) is 2. The van der Waals surface area contributed by atoms with E-state index in [1.54, 1.807) is 24.5 Å². The summed E-state index contributed by atoms with van der Waals surface area (Å²) in [5.74, 6) is -0.122. The Bertz CT molecular complexity index is 844. The van der Waals surface area contributed by atoms with Gasteiger partial charge >= 0.3 is 0 Å². The van der Waals surface area contributed by atoms with Gasteiger partial charge in [0.25, 0.3) is 5.91 Å². The second kappa shape index (κ2) is 10.7. The Morgan fingerprint density at radius 3 is 2.59 bits per heavy atom. The van der Waals surface area contributed by atoms with Gasteiger partial charge in [-0.05, 0) is 86.9 Å². The fourth-order valence-corrected chi connectivity index (χ4v) is 6.95. The SMILES string of the molecule is CC(C(=O)NCCN1CCCC1)C1CCC2(C)CCC(NC(=O)c3ccncc3)C(C)C2C1O. The Morgan fingerprint density at radius 1 is 1.21 bits per heavy atom. The highest BCUT2D eigenvalue weighted by Gasteiger charge is 2.53. The molecule has 3 N–H and O–H groups in total. The molecule has 34 heavy (non-hydrogen) atoms. The van der Waals surface area contributed by atoms with E-state index < -0.39 is 6.10 Å². The molecule has 7 atom stereocenters. The number of aliphatic hydroxyl groups is 1. The van der Waals surface area contributed by atoms with Crippen LogP contribution in [0.3, 0.4) is 0 Å². The number of nitrogens with one attached hydrogen (secondary N) is 2. The molecule has 0 spiro atoms. The third kappa shape index (κ3) is 5.30. The molecule has 2 aliphatic carbocycles. The smallest absolute Gasteiger partial charge is 0.251 e. The summed E-state index contributed by atoms with van der Waals surface area (Å²) in [6.07, 6.45) is 8.98. The summed E-state index contributed by atoms with van der Waals surface area (Å²) < 4.78 is 0. The topological polar surface area (TPSA) is 94.6 Å². The van der Waals surface area contributed by atoms with Crippen LogP contribution < -0.4 is 10.6 Å². The van der Waals surface area contributed by atoms with Crippen LogP contribution in [0.25, 0.3) is 0 Å². The minimum Gasteiger partial charge on any atom is -0.392 e. The molecule has 4 rings (SSSR count). The van der Waals surface area contributed by atoms with Crippen molar-refractivity contribution < 1.29 is 14.7 Å². The Balaban J connectivity index is 1.37. The second-order valence-corrected chi connectivity index (χ2v) is 11.2. The average molecular weight is 471 g/mol. The quantitative estimate of drug-likeness (QED) is 0.570. The molecule has 1 aromatic rings. The summed E-state index contributed by atoms with van der Waals surface area (Å²) in [6, 6.07) is 3.46. The molecular weight excluding hydrogens is 428 g/mol. The van der Waals surface area contributed by atoms with Crippen LogP contribution in [-0.2, 0) is 4.79 Å². The molecule has 2 saturated carbocycles. The van der Waals surface area contributed by atoms with Crippen LogP contribution in [0.5, 0.6) is 0 Å². The molecule has 3 aliphatic rings. The highest BCUT2D eigenvalue weighted by Crippen LogP contribution is 2.55. The predicted octanol–water partition coefficient (Wildman–Crippen LogP) is 2.85. The molecule has 0 radical (unpaired) electrons. The minimum atomic E-state index is -0.547. The van der Waals surface area contributed by atoms with E-state index >= 15 is 0 Å². The second-order valence-electron chi connectivity index (χ2n) is 11.2. The third-order valence-electron chi connectivity index (χ3n) is 9.13. The van der Waals surface area contributed by atoms with Gasteiger partial charge in [-0.1, -0.05) is 20.8 Å². The van der Waals surface area contributed by atoms with E-state index in [-0.39, 0.29) is 46.9 Å². The van der Waals surface area contributed by atoms with Crippen LogP contribution >= 0.6 is 0 Å². The Labute approximate surface area is 204 Å². The average Bonchev–Trinajstić information content (AvgIpc) is 3.35. The van der Waals surface area contributed by atoms with Crippen LogP contribution in [0.4, 0.5) is 0 Å². The number of aliphatic hydroxyl groups excluding tert-OH is 1. The molecule has 0 aromatic carbocycles. The number of hydrogen-bond acceptors (Lipinski definition) is 5. The van der Waals surface area contributed by atoms with E-state index in [2.05, 4.69) is 34.4 Å². The van der Waals surface area contributed by atoms with Gasteiger partial charge < -0.3 is 20.6 Å². The highest BCUT2D eigenvalue weighted by molar-refractivity contribution is 5.94. The van der Waals surface area contributed by atoms with Gasteiger partial charge in [0.2, 0.25) is 5.91 Å². The van der Waals surface area contributed by atoms with E-state index in [9.17, 15) is 14.7 Å². The van der Waals surface area contributed by atoms with E-state index in [0.29, 0.717) is 12.1 Å². The van der Waals surface area contributed by atoms with Gasteiger partial charge in [-0.15, -0.1) is 0 Å². The highest BCUT2D eigenvalue weighted by atomic mass is 16.3. The summed E-state index contributed by atoms with van der Waals surface area (Å²) in [4.78, 5) is 32.1. The summed E-state index contributed by atoms with van der Waals surface area (Å²) >= 11 is 0. The lowest BCUT2D eigenvalue weighted by molar-refractivity contribution is -0.141. The van der Waals surface area contributed by atoms with Crippen molar-refractivity contribution in [2.24, 2.45) is 29.1 Å². The van der Waals surface area contributed by atoms with Crippen molar-refractivity contribution in [3.05, 3.63) is 30.1 Å². The number of likely N-dealkylation sites (tertiary alicyclic amines) is 1. The van der Waals surface area contributed by atoms with Gasteiger partial charge in [0.05, 0.1) is 6.10 Å². The lowest BCUT2D eigenvalue weighted by Crippen LogP contribution is -2.58. The van der Waals surface area contributed by atoms with E-state index in [1.165, 1.54) is 12.8 Å². The third-order valence-corrected chi connectivity index (χ3v) is 9.13. The van der Waals surface area contributed by atoms with Crippen LogP contribution in [0.15, 0.2) is 24.5 Å². The maximum Gasteiger partial charge on any atom is 0.251 e. The summed E-state index contributed by atoms with van der Waals surface area (Å²) in [7, 11) is 0. The monoisotopic (exact) mass is 470 g/mol. The molecule has 7 nitrogen and oxygen atoms in total. The molecule has 1 aliphatic heterocycles. The first-order chi connectivity index (χ1) is 16.3. The minimum absolute atomic E-state index is 0.0109. The number of carbonyl (C=O) groups excluding carboxylic acids is 2. The van der Waals surface area contributed by atoms with Crippen LogP contribution in [-0.4, -0.2) is 65.1 Å². The standard InChI is InChI=1S/C27H42N4O3/c1-18(25(33)29-14-17-31-15-4-5-16-31)21-6-10-27(3)11-7-22(19(2)23(27)24(21)32)30-26(34)20-8-12-28-13-9-20/h8-9,12-13,18-19,21-24,32H,4-7,10-11,14-17H2,1-3H3,(H,29,33)(H,30,34). The predicted molar refractivity (Wildman–Crippen MR) is 132 cm³/mol. The van der Waals surface area contributed by atoms with Crippen molar-refractivity contribution in [3.8, 4) is 0 Å². The largest absolute Gasteiger partial charge is 0.392 e. The number of fused-ring (bicyclic) bond motifs is 1. The zero-order valence-corrected chi connectivity index (χ0v) is 21.0. The number of carbonyl (C=O) groups is 2. The van der Waals surface area contributed by atoms with Gasteiger partial charge in [0, 0.05) is 43.0 Å².